The van der Waals surface area contributed by atoms with E-state index in [0.29, 0.717) is 42.0 Å². The maximum absolute atomic E-state index is 13.1. The fourth-order valence-electron chi connectivity index (χ4n) is 5.24. The van der Waals surface area contributed by atoms with Gasteiger partial charge >= 0.3 is 0 Å². The average molecular weight is 569 g/mol. The Balaban J connectivity index is 1.14. The van der Waals surface area contributed by atoms with Gasteiger partial charge in [0, 0.05) is 49.0 Å². The Bertz CT molecular complexity index is 1570. The number of likely N-dealkylation sites (tertiary alicyclic amines) is 1. The van der Waals surface area contributed by atoms with Gasteiger partial charge < -0.3 is 20.9 Å². The third-order valence-corrected chi connectivity index (χ3v) is 7.69. The van der Waals surface area contributed by atoms with E-state index in [2.05, 4.69) is 48.0 Å². The molecule has 2 amide bonds. The maximum Gasteiger partial charge on any atom is 0.274 e. The van der Waals surface area contributed by atoms with Gasteiger partial charge in [-0.3, -0.25) is 14.6 Å². The molecule has 1 saturated heterocycles. The Kier molecular flexibility index (Phi) is 7.73. The van der Waals surface area contributed by atoms with E-state index in [0.717, 1.165) is 53.9 Å². The van der Waals surface area contributed by atoms with Crippen LogP contribution in [-0.2, 0) is 17.6 Å². The van der Waals surface area contributed by atoms with Crippen molar-refractivity contribution in [1.29, 1.82) is 0 Å². The molecular weight excluding hydrogens is 540 g/mol. The first kappa shape index (κ1) is 26.6. The normalized spacial score (nSPS) is 14.9. The van der Waals surface area contributed by atoms with Crippen LogP contribution in [0.3, 0.4) is 0 Å². The minimum Gasteiger partial charge on any atom is -0.339 e. The molecule has 4 heterocycles. The van der Waals surface area contributed by atoms with E-state index < -0.39 is 0 Å². The number of fused-ring (bicyclic) bond motifs is 6. The van der Waals surface area contributed by atoms with Gasteiger partial charge in [-0.15, -0.1) is 0 Å². The summed E-state index contributed by atoms with van der Waals surface area (Å²) in [5.41, 5.74) is 5.00. The SMILES string of the molecule is O=C(CC1CCN(C(=O)c2cnccn2)CC1)Nc1ccc2cc1CCc1cccc(c1)Nc1ncc(Cl)c(n1)N2. The number of hydrogen-bond acceptors (Lipinski definition) is 8. The van der Waals surface area contributed by atoms with E-state index in [-0.39, 0.29) is 17.7 Å². The average Bonchev–Trinajstić information content (AvgIpc) is 2.99. The number of hydrogen-bond donors (Lipinski definition) is 3. The number of carbonyl (C=O) groups excluding carboxylic acids is 2. The quantitative estimate of drug-likeness (QED) is 0.299. The van der Waals surface area contributed by atoms with Crippen molar-refractivity contribution in [2.75, 3.05) is 29.0 Å². The van der Waals surface area contributed by atoms with Gasteiger partial charge in [0.1, 0.15) is 10.7 Å². The molecule has 6 rings (SSSR count). The summed E-state index contributed by atoms with van der Waals surface area (Å²) in [5, 5.41) is 10.1. The molecule has 6 bridgehead atoms. The summed E-state index contributed by atoms with van der Waals surface area (Å²) in [6.07, 6.45) is 9.57. The molecule has 11 heteroatoms. The summed E-state index contributed by atoms with van der Waals surface area (Å²) < 4.78 is 0. The lowest BCUT2D eigenvalue weighted by Crippen LogP contribution is -2.39. The molecule has 2 aromatic heterocycles. The minimum absolute atomic E-state index is 0.0294. The molecule has 1 fully saturated rings. The second kappa shape index (κ2) is 11.9. The summed E-state index contributed by atoms with van der Waals surface area (Å²) in [4.78, 5) is 44.6. The molecule has 2 aromatic carbocycles. The number of aryl methyl sites for hydroxylation is 2. The molecule has 0 spiro atoms. The first-order valence-corrected chi connectivity index (χ1v) is 14.0. The first-order chi connectivity index (χ1) is 20.0. The van der Waals surface area contributed by atoms with Crippen molar-refractivity contribution < 1.29 is 9.59 Å². The fourth-order valence-corrected chi connectivity index (χ4v) is 5.38. The highest BCUT2D eigenvalue weighted by Crippen LogP contribution is 2.30. The van der Waals surface area contributed by atoms with Crippen LogP contribution in [0.2, 0.25) is 5.02 Å². The fraction of sp³-hybridized carbons (Fsp3) is 0.267. The standard InChI is InChI=1S/C30H29ClN8O2/c31-24-17-34-30-36-22-3-1-2-19(14-22)4-5-21-16-23(35-28(24)38-30)6-7-25(21)37-27(40)15-20-8-12-39(13-9-20)29(41)26-18-32-10-11-33-26/h1-3,6-7,10-11,14,16-18,20H,4-5,8-9,12-13,15H2,(H,37,40)(H2,34,35,36,38). The predicted octanol–water partition coefficient (Wildman–Crippen LogP) is 5.39. The van der Waals surface area contributed by atoms with Crippen LogP contribution >= 0.6 is 11.6 Å². The number of nitrogens with one attached hydrogen (secondary N) is 3. The van der Waals surface area contributed by atoms with Gasteiger partial charge in [-0.05, 0) is 73.1 Å². The Morgan fingerprint density at radius 1 is 0.976 bits per heavy atom. The highest BCUT2D eigenvalue weighted by atomic mass is 35.5. The van der Waals surface area contributed by atoms with Crippen LogP contribution in [0.4, 0.5) is 28.8 Å². The van der Waals surface area contributed by atoms with Crippen LogP contribution in [-0.4, -0.2) is 49.7 Å². The molecule has 0 atom stereocenters. The second-order valence-electron chi connectivity index (χ2n) is 10.3. The van der Waals surface area contributed by atoms with Gasteiger partial charge in [-0.2, -0.15) is 4.98 Å². The van der Waals surface area contributed by atoms with Gasteiger partial charge in [-0.1, -0.05) is 23.7 Å². The van der Waals surface area contributed by atoms with E-state index in [1.807, 2.05) is 30.3 Å². The van der Waals surface area contributed by atoms with Crippen molar-refractivity contribution >= 4 is 52.2 Å². The van der Waals surface area contributed by atoms with Crippen LogP contribution < -0.4 is 16.0 Å². The third kappa shape index (κ3) is 6.44. The summed E-state index contributed by atoms with van der Waals surface area (Å²) in [6.45, 7) is 1.19. The number of anilines is 5. The molecule has 3 N–H and O–H groups in total. The third-order valence-electron chi connectivity index (χ3n) is 7.41. The lowest BCUT2D eigenvalue weighted by molar-refractivity contribution is -0.117. The van der Waals surface area contributed by atoms with Gasteiger partial charge in [0.25, 0.3) is 5.91 Å². The van der Waals surface area contributed by atoms with Gasteiger partial charge in [0.2, 0.25) is 11.9 Å². The van der Waals surface area contributed by atoms with E-state index in [9.17, 15) is 9.59 Å². The highest BCUT2D eigenvalue weighted by Gasteiger charge is 2.26. The number of amides is 2. The number of nitrogens with zero attached hydrogens (tertiary/aromatic N) is 5. The molecule has 0 saturated carbocycles. The summed E-state index contributed by atoms with van der Waals surface area (Å²) in [5.74, 6) is 0.998. The number of piperidine rings is 1. The van der Waals surface area contributed by atoms with Crippen molar-refractivity contribution in [3.05, 3.63) is 89.1 Å². The summed E-state index contributed by atoms with van der Waals surface area (Å²) >= 11 is 6.38. The highest BCUT2D eigenvalue weighted by molar-refractivity contribution is 6.32. The molecule has 4 aromatic rings. The second-order valence-corrected chi connectivity index (χ2v) is 10.7. The molecule has 2 aliphatic rings. The number of halogens is 1. The van der Waals surface area contributed by atoms with E-state index >= 15 is 0 Å². The first-order valence-electron chi connectivity index (χ1n) is 13.6. The van der Waals surface area contributed by atoms with Crippen molar-refractivity contribution in [3.8, 4) is 0 Å². The molecule has 10 nitrogen and oxygen atoms in total. The van der Waals surface area contributed by atoms with Crippen LogP contribution in [0.25, 0.3) is 0 Å². The van der Waals surface area contributed by atoms with Crippen LogP contribution in [0.15, 0.2) is 67.3 Å². The van der Waals surface area contributed by atoms with Crippen LogP contribution in [0.5, 0.6) is 0 Å². The van der Waals surface area contributed by atoms with Crippen LogP contribution in [0.1, 0.15) is 40.9 Å². The molecule has 208 valence electrons. The number of aromatic nitrogens is 4. The lowest BCUT2D eigenvalue weighted by atomic mass is 9.93. The van der Waals surface area contributed by atoms with Crippen molar-refractivity contribution in [3.63, 3.8) is 0 Å². The molecule has 0 unspecified atom stereocenters. The zero-order chi connectivity index (χ0) is 28.2. The molecule has 41 heavy (non-hydrogen) atoms. The van der Waals surface area contributed by atoms with Gasteiger partial charge in [0.05, 0.1) is 12.4 Å². The van der Waals surface area contributed by atoms with E-state index in [1.54, 1.807) is 17.3 Å². The summed E-state index contributed by atoms with van der Waals surface area (Å²) in [7, 11) is 0. The van der Waals surface area contributed by atoms with Crippen LogP contribution in [0, 0.1) is 5.92 Å². The van der Waals surface area contributed by atoms with E-state index in [4.69, 9.17) is 11.6 Å². The number of benzene rings is 2. The molecule has 2 aliphatic heterocycles. The lowest BCUT2D eigenvalue weighted by Gasteiger charge is -2.31. The zero-order valence-electron chi connectivity index (χ0n) is 22.3. The molecule has 0 radical (unpaired) electrons. The predicted molar refractivity (Wildman–Crippen MR) is 158 cm³/mol. The molecular formula is C30H29ClN8O2. The van der Waals surface area contributed by atoms with E-state index in [1.165, 1.54) is 12.4 Å². The topological polar surface area (TPSA) is 125 Å². The van der Waals surface area contributed by atoms with Crippen molar-refractivity contribution in [2.45, 2.75) is 32.1 Å². The van der Waals surface area contributed by atoms with Crippen molar-refractivity contribution in [1.82, 2.24) is 24.8 Å². The Morgan fingerprint density at radius 2 is 1.83 bits per heavy atom. The number of carbonyl (C=O) groups is 2. The largest absolute Gasteiger partial charge is 0.339 e. The Labute approximate surface area is 242 Å². The zero-order valence-corrected chi connectivity index (χ0v) is 23.1. The summed E-state index contributed by atoms with van der Waals surface area (Å²) in [6, 6.07) is 14.0. The van der Waals surface area contributed by atoms with Gasteiger partial charge in [-0.25, -0.2) is 9.97 Å². The molecule has 0 aliphatic carbocycles. The monoisotopic (exact) mass is 568 g/mol. The smallest absolute Gasteiger partial charge is 0.274 e. The Morgan fingerprint density at radius 3 is 2.66 bits per heavy atom. The number of rotatable bonds is 4. The Hall–Kier alpha value is -4.57. The van der Waals surface area contributed by atoms with Gasteiger partial charge in [0.15, 0.2) is 5.82 Å². The van der Waals surface area contributed by atoms with Crippen molar-refractivity contribution in [2.24, 2.45) is 5.92 Å². The minimum atomic E-state index is -0.115. The maximum atomic E-state index is 13.1.